The zero-order valence-corrected chi connectivity index (χ0v) is 27.0. The molecule has 0 radical (unpaired) electrons. The number of rotatable bonds is 12. The number of ether oxygens (including phenoxy) is 2. The Bertz CT molecular complexity index is 2190. The topological polar surface area (TPSA) is 158 Å². The van der Waals surface area contributed by atoms with Gasteiger partial charge in [0.2, 0.25) is 0 Å². The largest absolute Gasteiger partial charge is 0.493 e. The number of nitrogens with zero attached hydrogens (tertiary/aromatic N) is 2. The summed E-state index contributed by atoms with van der Waals surface area (Å²) in [4.78, 5) is 43.6. The molecule has 0 aliphatic rings. The average molecular weight is 660 g/mol. The van der Waals surface area contributed by atoms with Gasteiger partial charge in [-0.15, -0.1) is 0 Å². The predicted molar refractivity (Wildman–Crippen MR) is 184 cm³/mol. The van der Waals surface area contributed by atoms with Crippen LogP contribution in [-0.2, 0) is 13.0 Å². The first-order chi connectivity index (χ1) is 23.8. The highest BCUT2D eigenvalue weighted by Crippen LogP contribution is 2.34. The van der Waals surface area contributed by atoms with E-state index in [1.807, 2.05) is 48.5 Å². The molecule has 0 spiro atoms. The van der Waals surface area contributed by atoms with Crippen molar-refractivity contribution in [2.24, 2.45) is 0 Å². The first kappa shape index (κ1) is 32.7. The normalized spacial score (nSPS) is 10.9. The molecule has 0 saturated carbocycles. The number of carbonyl (C=O) groups is 2. The molecule has 2 amide bonds. The summed E-state index contributed by atoms with van der Waals surface area (Å²) in [6.45, 7) is 3.20. The number of nitrogens with one attached hydrogen (secondary N) is 3. The van der Waals surface area contributed by atoms with Gasteiger partial charge in [-0.3, -0.25) is 14.4 Å². The SMILES string of the molecule is COc1cc(NC(=O)c2cc(=O)c3ccccc3o2)c(C(=O)Nc2ccc(CCNCc3cccc(-c4nc(C)no4)c3)cc2)cc1OC. The van der Waals surface area contributed by atoms with Crippen LogP contribution in [-0.4, -0.2) is 42.7 Å². The van der Waals surface area contributed by atoms with Crippen molar-refractivity contribution in [1.29, 1.82) is 0 Å². The van der Waals surface area contributed by atoms with E-state index in [0.29, 0.717) is 40.8 Å². The van der Waals surface area contributed by atoms with Crippen LogP contribution >= 0.6 is 0 Å². The van der Waals surface area contributed by atoms with Crippen molar-refractivity contribution >= 4 is 34.2 Å². The number of benzene rings is 4. The van der Waals surface area contributed by atoms with Gasteiger partial charge in [-0.1, -0.05) is 41.6 Å². The first-order valence-corrected chi connectivity index (χ1v) is 15.4. The van der Waals surface area contributed by atoms with Crippen molar-refractivity contribution in [1.82, 2.24) is 15.5 Å². The second-order valence-electron chi connectivity index (χ2n) is 11.1. The summed E-state index contributed by atoms with van der Waals surface area (Å²) >= 11 is 0. The second-order valence-corrected chi connectivity index (χ2v) is 11.1. The molecular weight excluding hydrogens is 626 g/mol. The molecule has 4 aromatic carbocycles. The van der Waals surface area contributed by atoms with Crippen molar-refractivity contribution in [3.8, 4) is 23.0 Å². The molecule has 3 N–H and O–H groups in total. The summed E-state index contributed by atoms with van der Waals surface area (Å²) < 4.78 is 21.8. The highest BCUT2D eigenvalue weighted by molar-refractivity contribution is 6.12. The van der Waals surface area contributed by atoms with Crippen LogP contribution in [0, 0.1) is 6.92 Å². The highest BCUT2D eigenvalue weighted by atomic mass is 16.5. The molecule has 0 aliphatic heterocycles. The summed E-state index contributed by atoms with van der Waals surface area (Å²) in [7, 11) is 2.89. The number of para-hydroxylation sites is 1. The van der Waals surface area contributed by atoms with Gasteiger partial charge in [-0.2, -0.15) is 4.98 Å². The Morgan fingerprint density at radius 1 is 0.816 bits per heavy atom. The number of anilines is 2. The van der Waals surface area contributed by atoms with E-state index in [4.69, 9.17) is 18.4 Å². The molecule has 0 atom stereocenters. The van der Waals surface area contributed by atoms with Gasteiger partial charge >= 0.3 is 0 Å². The third kappa shape index (κ3) is 7.66. The predicted octanol–water partition coefficient (Wildman–Crippen LogP) is 6.01. The number of methoxy groups -OCH3 is 2. The highest BCUT2D eigenvalue weighted by Gasteiger charge is 2.21. The summed E-state index contributed by atoms with van der Waals surface area (Å²) in [6.07, 6.45) is 0.771. The Morgan fingerprint density at radius 2 is 1.59 bits per heavy atom. The van der Waals surface area contributed by atoms with Gasteiger partial charge in [0.1, 0.15) is 5.58 Å². The van der Waals surface area contributed by atoms with Crippen molar-refractivity contribution in [3.63, 3.8) is 0 Å². The Kier molecular flexibility index (Phi) is 9.77. The fourth-order valence-corrected chi connectivity index (χ4v) is 5.22. The molecule has 0 saturated heterocycles. The van der Waals surface area contributed by atoms with Crippen molar-refractivity contribution in [2.75, 3.05) is 31.4 Å². The number of hydrogen-bond acceptors (Lipinski definition) is 10. The number of aromatic nitrogens is 2. The lowest BCUT2D eigenvalue weighted by atomic mass is 10.1. The number of amides is 2. The van der Waals surface area contributed by atoms with Gasteiger partial charge in [-0.25, -0.2) is 0 Å². The van der Waals surface area contributed by atoms with Crippen molar-refractivity contribution < 1.29 is 28.0 Å². The van der Waals surface area contributed by atoms with E-state index in [1.54, 1.807) is 31.2 Å². The van der Waals surface area contributed by atoms with Gasteiger partial charge in [0.15, 0.2) is 28.5 Å². The third-order valence-electron chi connectivity index (χ3n) is 7.71. The number of hydrogen-bond donors (Lipinski definition) is 3. The van der Waals surface area contributed by atoms with E-state index >= 15 is 0 Å². The maximum Gasteiger partial charge on any atom is 0.291 e. The lowest BCUT2D eigenvalue weighted by Crippen LogP contribution is -2.20. The lowest BCUT2D eigenvalue weighted by Gasteiger charge is -2.16. The molecule has 2 heterocycles. The lowest BCUT2D eigenvalue weighted by molar-refractivity contribution is 0.0997. The third-order valence-corrected chi connectivity index (χ3v) is 7.71. The number of aryl methyl sites for hydroxylation is 1. The Labute approximate surface area is 281 Å². The second kappa shape index (κ2) is 14.7. The van der Waals surface area contributed by atoms with Crippen LogP contribution in [0.2, 0.25) is 0 Å². The Hall–Kier alpha value is -6.27. The van der Waals surface area contributed by atoms with E-state index in [-0.39, 0.29) is 28.0 Å². The molecular formula is C37H33N5O7. The van der Waals surface area contributed by atoms with Gasteiger partial charge in [0.05, 0.1) is 30.9 Å². The maximum atomic E-state index is 13.5. The molecule has 0 aliphatic carbocycles. The first-order valence-electron chi connectivity index (χ1n) is 15.4. The van der Waals surface area contributed by atoms with Crippen molar-refractivity contribution in [3.05, 3.63) is 129 Å². The van der Waals surface area contributed by atoms with Gasteiger partial charge < -0.3 is 34.4 Å². The zero-order valence-electron chi connectivity index (χ0n) is 27.0. The molecule has 6 rings (SSSR count). The number of fused-ring (bicyclic) bond motifs is 1. The molecule has 248 valence electrons. The van der Waals surface area contributed by atoms with Crippen LogP contribution in [0.25, 0.3) is 22.4 Å². The van der Waals surface area contributed by atoms with Crippen LogP contribution in [0.4, 0.5) is 11.4 Å². The Morgan fingerprint density at radius 3 is 2.35 bits per heavy atom. The van der Waals surface area contributed by atoms with Crippen LogP contribution in [0.5, 0.6) is 11.5 Å². The summed E-state index contributed by atoms with van der Waals surface area (Å²) in [5, 5.41) is 13.2. The van der Waals surface area contributed by atoms with Gasteiger partial charge in [-0.05, 0) is 73.5 Å². The standard InChI is InChI=1S/C37H33N5O7/c1-22-39-37(49-42-22)25-8-6-7-24(17-25)21-38-16-15-23-11-13-26(14-12-23)40-35(44)28-18-32(46-2)33(47-3)19-29(28)41-36(45)34-20-30(43)27-9-4-5-10-31(27)48-34/h4-14,17-20,38H,15-16,21H2,1-3H3,(H,40,44)(H,41,45). The van der Waals surface area contributed by atoms with E-state index < -0.39 is 11.8 Å². The quantitative estimate of drug-likeness (QED) is 0.133. The average Bonchev–Trinajstić information content (AvgIpc) is 3.56. The minimum Gasteiger partial charge on any atom is -0.493 e. The van der Waals surface area contributed by atoms with Crippen LogP contribution in [0.3, 0.4) is 0 Å². The summed E-state index contributed by atoms with van der Waals surface area (Å²) in [5.41, 5.74) is 3.76. The fourth-order valence-electron chi connectivity index (χ4n) is 5.22. The minimum absolute atomic E-state index is 0.112. The van der Waals surface area contributed by atoms with Crippen molar-refractivity contribution in [2.45, 2.75) is 19.9 Å². The van der Waals surface area contributed by atoms with E-state index in [2.05, 4.69) is 26.1 Å². The molecule has 12 heteroatoms. The fraction of sp³-hybridized carbons (Fsp3) is 0.162. The van der Waals surface area contributed by atoms with Gasteiger partial charge in [0.25, 0.3) is 17.7 Å². The minimum atomic E-state index is -0.711. The van der Waals surface area contributed by atoms with E-state index in [1.165, 1.54) is 26.4 Å². The summed E-state index contributed by atoms with van der Waals surface area (Å²) in [6, 6.07) is 26.1. The molecule has 0 unspecified atom stereocenters. The van der Waals surface area contributed by atoms with Gasteiger partial charge in [0, 0.05) is 29.9 Å². The molecule has 0 fully saturated rings. The summed E-state index contributed by atoms with van der Waals surface area (Å²) in [5.74, 6) is 0.259. The number of carbonyl (C=O) groups excluding carboxylic acids is 2. The Balaban J connectivity index is 1.10. The maximum absolute atomic E-state index is 13.5. The molecule has 6 aromatic rings. The van der Waals surface area contributed by atoms with Crippen LogP contribution in [0.15, 0.2) is 105 Å². The zero-order chi connectivity index (χ0) is 34.3. The molecule has 49 heavy (non-hydrogen) atoms. The molecule has 0 bridgehead atoms. The monoisotopic (exact) mass is 659 g/mol. The van der Waals surface area contributed by atoms with Crippen LogP contribution in [0.1, 0.15) is 37.9 Å². The smallest absolute Gasteiger partial charge is 0.291 e. The van der Waals surface area contributed by atoms with Crippen LogP contribution < -0.4 is 30.9 Å². The van der Waals surface area contributed by atoms with E-state index in [9.17, 15) is 14.4 Å². The molecule has 12 nitrogen and oxygen atoms in total. The van der Waals surface area contributed by atoms with E-state index in [0.717, 1.165) is 35.7 Å². The molecule has 2 aromatic heterocycles.